The minimum atomic E-state index is -0.177. The predicted molar refractivity (Wildman–Crippen MR) is 83.6 cm³/mol. The van der Waals surface area contributed by atoms with Crippen LogP contribution in [0.15, 0.2) is 29.4 Å². The van der Waals surface area contributed by atoms with Crippen LogP contribution in [0.4, 0.5) is 5.69 Å². The van der Waals surface area contributed by atoms with E-state index < -0.39 is 0 Å². The first-order valence-electron chi connectivity index (χ1n) is 5.68. The maximum absolute atomic E-state index is 12.2. The molecule has 1 amide bonds. The van der Waals surface area contributed by atoms with E-state index >= 15 is 0 Å². The number of hydrogen-bond acceptors (Lipinski definition) is 4. The molecule has 0 saturated carbocycles. The predicted octanol–water partition coefficient (Wildman–Crippen LogP) is 3.89. The lowest BCUT2D eigenvalue weighted by Crippen LogP contribution is -2.27. The standard InChI is InChI=1S/C13H12ClNO2S2/c1-3-17-7-11-12(16)15(13(18)19-11)9-5-4-8(2)10(14)6-9/h4-7H,3H2,1-2H3/b11-7-. The lowest BCUT2D eigenvalue weighted by Gasteiger charge is -2.15. The van der Waals surface area contributed by atoms with Crippen LogP contribution >= 0.6 is 35.6 Å². The third-order valence-electron chi connectivity index (χ3n) is 2.56. The number of amides is 1. The molecule has 100 valence electrons. The van der Waals surface area contributed by atoms with Crippen LogP contribution in [0.2, 0.25) is 5.02 Å². The van der Waals surface area contributed by atoms with E-state index in [1.807, 2.05) is 26.0 Å². The van der Waals surface area contributed by atoms with E-state index in [4.69, 9.17) is 28.6 Å². The Morgan fingerprint density at radius 1 is 1.53 bits per heavy atom. The Morgan fingerprint density at radius 2 is 2.26 bits per heavy atom. The number of aryl methyl sites for hydroxylation is 1. The van der Waals surface area contributed by atoms with Crippen molar-refractivity contribution >= 4 is 51.5 Å². The van der Waals surface area contributed by atoms with E-state index in [1.54, 1.807) is 6.07 Å². The third-order valence-corrected chi connectivity index (χ3v) is 4.25. The summed E-state index contributed by atoms with van der Waals surface area (Å²) in [5.74, 6) is -0.177. The second-order valence-corrected chi connectivity index (χ2v) is 5.96. The molecule has 0 spiro atoms. The van der Waals surface area contributed by atoms with Crippen molar-refractivity contribution in [2.45, 2.75) is 13.8 Å². The first kappa shape index (κ1) is 14.4. The zero-order valence-corrected chi connectivity index (χ0v) is 12.9. The Kier molecular flexibility index (Phi) is 4.50. The van der Waals surface area contributed by atoms with Crippen molar-refractivity contribution < 1.29 is 9.53 Å². The largest absolute Gasteiger partial charge is 0.500 e. The molecule has 1 aromatic rings. The van der Waals surface area contributed by atoms with E-state index in [0.29, 0.717) is 26.5 Å². The third kappa shape index (κ3) is 2.94. The van der Waals surface area contributed by atoms with Crippen LogP contribution in [-0.2, 0) is 9.53 Å². The first-order chi connectivity index (χ1) is 9.04. The number of carbonyl (C=O) groups is 1. The number of thioether (sulfide) groups is 1. The van der Waals surface area contributed by atoms with Gasteiger partial charge in [-0.05, 0) is 31.5 Å². The number of carbonyl (C=O) groups excluding carboxylic acids is 1. The molecule has 0 atom stereocenters. The van der Waals surface area contributed by atoms with Crippen LogP contribution in [0.1, 0.15) is 12.5 Å². The van der Waals surface area contributed by atoms with Gasteiger partial charge in [-0.15, -0.1) is 0 Å². The fourth-order valence-corrected chi connectivity index (χ4v) is 2.95. The Bertz CT molecular complexity index is 572. The quantitative estimate of drug-likeness (QED) is 0.481. The van der Waals surface area contributed by atoms with Gasteiger partial charge in [0, 0.05) is 5.02 Å². The number of hydrogen-bond donors (Lipinski definition) is 0. The number of halogens is 1. The van der Waals surface area contributed by atoms with Crippen LogP contribution in [0.3, 0.4) is 0 Å². The van der Waals surface area contributed by atoms with Gasteiger partial charge in [0.25, 0.3) is 5.91 Å². The molecular weight excluding hydrogens is 302 g/mol. The Labute approximate surface area is 126 Å². The number of ether oxygens (including phenoxy) is 1. The van der Waals surface area contributed by atoms with Crippen molar-refractivity contribution in [3.63, 3.8) is 0 Å². The molecule has 0 radical (unpaired) electrons. The summed E-state index contributed by atoms with van der Waals surface area (Å²) < 4.78 is 5.63. The van der Waals surface area contributed by atoms with Crippen molar-refractivity contribution in [3.8, 4) is 0 Å². The molecule has 0 unspecified atom stereocenters. The molecule has 1 heterocycles. The Balaban J connectivity index is 2.32. The van der Waals surface area contributed by atoms with E-state index in [1.165, 1.54) is 22.9 Å². The summed E-state index contributed by atoms with van der Waals surface area (Å²) in [5.41, 5.74) is 1.64. The fourth-order valence-electron chi connectivity index (χ4n) is 1.55. The van der Waals surface area contributed by atoms with Gasteiger partial charge in [0.2, 0.25) is 0 Å². The van der Waals surface area contributed by atoms with Crippen LogP contribution in [0, 0.1) is 6.92 Å². The zero-order valence-electron chi connectivity index (χ0n) is 10.5. The minimum absolute atomic E-state index is 0.177. The molecule has 0 aromatic heterocycles. The summed E-state index contributed by atoms with van der Waals surface area (Å²) in [6, 6.07) is 5.43. The van der Waals surface area contributed by atoms with Gasteiger partial charge in [0.15, 0.2) is 4.32 Å². The number of nitrogens with zero attached hydrogens (tertiary/aromatic N) is 1. The van der Waals surface area contributed by atoms with Crippen molar-refractivity contribution in [2.24, 2.45) is 0 Å². The SMILES string of the molecule is CCO/C=C1\SC(=S)N(c2ccc(C)c(Cl)c2)C1=O. The molecule has 19 heavy (non-hydrogen) atoms. The maximum Gasteiger partial charge on any atom is 0.273 e. The monoisotopic (exact) mass is 313 g/mol. The van der Waals surface area contributed by atoms with Crippen LogP contribution in [0.25, 0.3) is 0 Å². The molecular formula is C13H12ClNO2S2. The van der Waals surface area contributed by atoms with Gasteiger partial charge >= 0.3 is 0 Å². The smallest absolute Gasteiger partial charge is 0.273 e. The molecule has 6 heteroatoms. The minimum Gasteiger partial charge on any atom is -0.500 e. The molecule has 0 N–H and O–H groups in total. The number of rotatable bonds is 3. The highest BCUT2D eigenvalue weighted by Crippen LogP contribution is 2.36. The highest BCUT2D eigenvalue weighted by Gasteiger charge is 2.33. The highest BCUT2D eigenvalue weighted by molar-refractivity contribution is 8.27. The molecule has 1 aliphatic heterocycles. The van der Waals surface area contributed by atoms with Crippen molar-refractivity contribution in [2.75, 3.05) is 11.5 Å². The van der Waals surface area contributed by atoms with Gasteiger partial charge in [0.05, 0.1) is 12.3 Å². The molecule has 0 bridgehead atoms. The summed E-state index contributed by atoms with van der Waals surface area (Å²) in [6.07, 6.45) is 1.45. The summed E-state index contributed by atoms with van der Waals surface area (Å²) in [4.78, 5) is 14.2. The Morgan fingerprint density at radius 3 is 2.89 bits per heavy atom. The van der Waals surface area contributed by atoms with Gasteiger partial charge in [-0.25, -0.2) is 0 Å². The van der Waals surface area contributed by atoms with Crippen molar-refractivity contribution in [1.29, 1.82) is 0 Å². The normalized spacial score (nSPS) is 17.4. The molecule has 1 aliphatic rings. The van der Waals surface area contributed by atoms with Crippen LogP contribution in [0.5, 0.6) is 0 Å². The molecule has 3 nitrogen and oxygen atoms in total. The summed E-state index contributed by atoms with van der Waals surface area (Å²) in [5, 5.41) is 0.611. The number of anilines is 1. The fraction of sp³-hybridized carbons (Fsp3) is 0.231. The molecule has 1 fully saturated rings. The molecule has 0 aliphatic carbocycles. The number of thiocarbonyl (C=S) groups is 1. The van der Waals surface area contributed by atoms with Gasteiger partial charge in [-0.1, -0.05) is 41.6 Å². The summed E-state index contributed by atoms with van der Waals surface area (Å²) in [7, 11) is 0. The van der Waals surface area contributed by atoms with E-state index in [2.05, 4.69) is 0 Å². The van der Waals surface area contributed by atoms with Crippen molar-refractivity contribution in [3.05, 3.63) is 40.0 Å². The van der Waals surface area contributed by atoms with Crippen LogP contribution in [-0.4, -0.2) is 16.8 Å². The maximum atomic E-state index is 12.2. The topological polar surface area (TPSA) is 29.5 Å². The Hall–Kier alpha value is -1.04. The number of benzene rings is 1. The van der Waals surface area contributed by atoms with Crippen LogP contribution < -0.4 is 4.90 Å². The molecule has 1 saturated heterocycles. The lowest BCUT2D eigenvalue weighted by molar-refractivity contribution is -0.113. The van der Waals surface area contributed by atoms with E-state index in [0.717, 1.165) is 5.56 Å². The lowest BCUT2D eigenvalue weighted by atomic mass is 10.2. The average Bonchev–Trinajstić information content (AvgIpc) is 2.65. The summed E-state index contributed by atoms with van der Waals surface area (Å²) in [6.45, 7) is 4.28. The van der Waals surface area contributed by atoms with E-state index in [9.17, 15) is 4.79 Å². The molecule has 1 aromatic carbocycles. The van der Waals surface area contributed by atoms with Gasteiger partial charge < -0.3 is 4.74 Å². The van der Waals surface area contributed by atoms with Gasteiger partial charge in [-0.3, -0.25) is 9.69 Å². The van der Waals surface area contributed by atoms with E-state index in [-0.39, 0.29) is 5.91 Å². The van der Waals surface area contributed by atoms with Gasteiger partial charge in [0.1, 0.15) is 11.2 Å². The summed E-state index contributed by atoms with van der Waals surface area (Å²) >= 11 is 12.5. The second kappa shape index (κ2) is 5.94. The molecule has 2 rings (SSSR count). The second-order valence-electron chi connectivity index (χ2n) is 3.88. The average molecular weight is 314 g/mol. The highest BCUT2D eigenvalue weighted by atomic mass is 35.5. The first-order valence-corrected chi connectivity index (χ1v) is 7.29. The van der Waals surface area contributed by atoms with Gasteiger partial charge in [-0.2, -0.15) is 0 Å². The van der Waals surface area contributed by atoms with Crippen molar-refractivity contribution in [1.82, 2.24) is 0 Å². The zero-order chi connectivity index (χ0) is 14.0.